The molecule has 10 heteroatoms. The van der Waals surface area contributed by atoms with Gasteiger partial charge in [-0.3, -0.25) is 14.9 Å². The van der Waals surface area contributed by atoms with Crippen molar-refractivity contribution in [3.05, 3.63) is 33.9 Å². The summed E-state index contributed by atoms with van der Waals surface area (Å²) >= 11 is 0. The number of nitrogens with zero attached hydrogens (tertiary/aromatic N) is 2. The molecular formula is C12H14N2O7S. The quantitative estimate of drug-likeness (QED) is 0.615. The molecule has 1 amide bonds. The zero-order valence-corrected chi connectivity index (χ0v) is 12.8. The van der Waals surface area contributed by atoms with E-state index in [1.807, 2.05) is 0 Å². The first-order valence-corrected chi connectivity index (χ1v) is 7.83. The number of nitro benzene ring substituents is 1. The summed E-state index contributed by atoms with van der Waals surface area (Å²) in [6.07, 6.45) is 0.851. The highest BCUT2D eigenvalue weighted by Crippen LogP contribution is 2.22. The van der Waals surface area contributed by atoms with E-state index in [1.54, 1.807) is 0 Å². The second-order valence-corrected chi connectivity index (χ2v) is 6.69. The number of likely N-dealkylation sites (N-methyl/N-ethyl adjacent to an activating group) is 1. The maximum absolute atomic E-state index is 12.2. The van der Waals surface area contributed by atoms with Crippen LogP contribution in [-0.4, -0.2) is 54.6 Å². The van der Waals surface area contributed by atoms with Gasteiger partial charge in [-0.2, -0.15) is 0 Å². The first-order valence-electron chi connectivity index (χ1n) is 5.94. The number of nitro groups is 1. The normalized spacial score (nSPS) is 12.5. The van der Waals surface area contributed by atoms with Crippen molar-refractivity contribution in [3.8, 4) is 0 Å². The van der Waals surface area contributed by atoms with Crippen LogP contribution in [0, 0.1) is 10.1 Å². The van der Waals surface area contributed by atoms with Crippen molar-refractivity contribution in [1.29, 1.82) is 0 Å². The Morgan fingerprint density at radius 3 is 2.27 bits per heavy atom. The van der Waals surface area contributed by atoms with E-state index in [1.165, 1.54) is 14.0 Å². The van der Waals surface area contributed by atoms with Gasteiger partial charge >= 0.3 is 5.97 Å². The monoisotopic (exact) mass is 330 g/mol. The number of amides is 1. The van der Waals surface area contributed by atoms with Gasteiger partial charge in [0.25, 0.3) is 11.6 Å². The molecule has 1 unspecified atom stereocenters. The lowest BCUT2D eigenvalue weighted by Crippen LogP contribution is -2.40. The number of sulfone groups is 1. The molecule has 0 bridgehead atoms. The lowest BCUT2D eigenvalue weighted by atomic mass is 10.1. The number of carboxylic acids is 1. The fourth-order valence-corrected chi connectivity index (χ4v) is 2.25. The molecule has 0 saturated carbocycles. The first kappa shape index (κ1) is 17.6. The minimum Gasteiger partial charge on any atom is -0.480 e. The third-order valence-electron chi connectivity index (χ3n) is 3.04. The van der Waals surface area contributed by atoms with E-state index in [0.29, 0.717) is 0 Å². The number of hydrogen-bond donors (Lipinski definition) is 1. The van der Waals surface area contributed by atoms with E-state index in [9.17, 15) is 28.1 Å². The van der Waals surface area contributed by atoms with Gasteiger partial charge in [-0.05, 0) is 13.0 Å². The molecule has 22 heavy (non-hydrogen) atoms. The van der Waals surface area contributed by atoms with E-state index >= 15 is 0 Å². The van der Waals surface area contributed by atoms with Crippen LogP contribution in [-0.2, 0) is 14.6 Å². The summed E-state index contributed by atoms with van der Waals surface area (Å²) in [5, 5.41) is 19.7. The van der Waals surface area contributed by atoms with Crippen LogP contribution in [0.15, 0.2) is 23.1 Å². The van der Waals surface area contributed by atoms with Gasteiger partial charge in [0.15, 0.2) is 9.84 Å². The molecular weight excluding hydrogens is 316 g/mol. The summed E-state index contributed by atoms with van der Waals surface area (Å²) in [5.41, 5.74) is -0.840. The summed E-state index contributed by atoms with van der Waals surface area (Å²) < 4.78 is 23.1. The fourth-order valence-electron chi connectivity index (χ4n) is 1.57. The van der Waals surface area contributed by atoms with Crippen molar-refractivity contribution in [3.63, 3.8) is 0 Å². The molecule has 120 valence electrons. The Labute approximate surface area is 126 Å². The topological polar surface area (TPSA) is 135 Å². The highest BCUT2D eigenvalue weighted by Gasteiger charge is 2.25. The molecule has 0 radical (unpaired) electrons. The molecule has 0 aliphatic rings. The number of rotatable bonds is 5. The van der Waals surface area contributed by atoms with Crippen molar-refractivity contribution in [2.24, 2.45) is 0 Å². The molecule has 1 aromatic carbocycles. The van der Waals surface area contributed by atoms with Gasteiger partial charge in [0.2, 0.25) is 0 Å². The fraction of sp³-hybridized carbons (Fsp3) is 0.333. The Morgan fingerprint density at radius 2 is 1.86 bits per heavy atom. The standard InChI is InChI=1S/C12H14N2O7S/c1-7(12(16)17)13(2)11(15)8-4-9(14(18)19)6-10(5-8)22(3,20)21/h4-7H,1-3H3,(H,16,17). The van der Waals surface area contributed by atoms with E-state index < -0.39 is 38.4 Å². The second-order valence-electron chi connectivity index (χ2n) is 4.68. The first-order chi connectivity index (χ1) is 9.95. The summed E-state index contributed by atoms with van der Waals surface area (Å²) in [4.78, 5) is 33.6. The molecule has 0 aliphatic heterocycles. The van der Waals surface area contributed by atoms with Crippen molar-refractivity contribution in [1.82, 2.24) is 4.90 Å². The molecule has 0 aliphatic carbocycles. The highest BCUT2D eigenvalue weighted by molar-refractivity contribution is 7.90. The van der Waals surface area contributed by atoms with Crippen LogP contribution >= 0.6 is 0 Å². The van der Waals surface area contributed by atoms with E-state index in [2.05, 4.69) is 0 Å². The zero-order valence-electron chi connectivity index (χ0n) is 12.0. The van der Waals surface area contributed by atoms with Crippen LogP contribution in [0.25, 0.3) is 0 Å². The Bertz CT molecular complexity index is 742. The van der Waals surface area contributed by atoms with Gasteiger partial charge in [-0.1, -0.05) is 0 Å². The SMILES string of the molecule is CC(C(=O)O)N(C)C(=O)c1cc([N+](=O)[O-])cc(S(C)(=O)=O)c1. The van der Waals surface area contributed by atoms with Crippen LogP contribution in [0.4, 0.5) is 5.69 Å². The van der Waals surface area contributed by atoms with Gasteiger partial charge in [-0.15, -0.1) is 0 Å². The molecule has 1 atom stereocenters. The van der Waals surface area contributed by atoms with Gasteiger partial charge in [0.05, 0.1) is 9.82 Å². The van der Waals surface area contributed by atoms with Crippen molar-refractivity contribution < 1.29 is 28.0 Å². The Hall–Kier alpha value is -2.49. The minimum absolute atomic E-state index is 0.273. The predicted octanol–water partition coefficient (Wildman–Crippen LogP) is 0.543. The van der Waals surface area contributed by atoms with E-state index in [-0.39, 0.29) is 10.5 Å². The lowest BCUT2D eigenvalue weighted by Gasteiger charge is -2.21. The van der Waals surface area contributed by atoms with Gasteiger partial charge in [0, 0.05) is 31.0 Å². The molecule has 0 aromatic heterocycles. The number of carbonyl (C=O) groups excluding carboxylic acids is 1. The zero-order chi connectivity index (χ0) is 17.2. The van der Waals surface area contributed by atoms with Crippen molar-refractivity contribution in [2.75, 3.05) is 13.3 Å². The number of carboxylic acid groups (broad SMARTS) is 1. The van der Waals surface area contributed by atoms with Crippen molar-refractivity contribution >= 4 is 27.4 Å². The van der Waals surface area contributed by atoms with Gasteiger partial charge in [-0.25, -0.2) is 13.2 Å². The average Bonchev–Trinajstić information content (AvgIpc) is 2.43. The van der Waals surface area contributed by atoms with Crippen LogP contribution < -0.4 is 0 Å². The maximum atomic E-state index is 12.2. The number of non-ortho nitro benzene ring substituents is 1. The molecule has 0 saturated heterocycles. The molecule has 1 rings (SSSR count). The molecule has 1 N–H and O–H groups in total. The van der Waals surface area contributed by atoms with Crippen LogP contribution in [0.5, 0.6) is 0 Å². The smallest absolute Gasteiger partial charge is 0.326 e. The van der Waals surface area contributed by atoms with Gasteiger partial charge in [0.1, 0.15) is 6.04 Å². The summed E-state index contributed by atoms with van der Waals surface area (Å²) in [7, 11) is -2.56. The third kappa shape index (κ3) is 3.79. The number of aliphatic carboxylic acids is 1. The molecule has 0 spiro atoms. The van der Waals surface area contributed by atoms with E-state index in [4.69, 9.17) is 5.11 Å². The predicted molar refractivity (Wildman–Crippen MR) is 75.4 cm³/mol. The second kappa shape index (κ2) is 6.10. The van der Waals surface area contributed by atoms with E-state index in [0.717, 1.165) is 29.4 Å². The van der Waals surface area contributed by atoms with Crippen LogP contribution in [0.3, 0.4) is 0 Å². The Kier molecular flexibility index (Phi) is 4.87. The largest absolute Gasteiger partial charge is 0.480 e. The Balaban J connectivity index is 3.41. The number of hydrogen-bond acceptors (Lipinski definition) is 6. The highest BCUT2D eigenvalue weighted by atomic mass is 32.2. The van der Waals surface area contributed by atoms with Crippen LogP contribution in [0.2, 0.25) is 0 Å². The third-order valence-corrected chi connectivity index (χ3v) is 4.13. The van der Waals surface area contributed by atoms with Gasteiger partial charge < -0.3 is 10.0 Å². The molecule has 1 aromatic rings. The average molecular weight is 330 g/mol. The molecule has 0 fully saturated rings. The summed E-state index contributed by atoms with van der Waals surface area (Å²) in [6, 6.07) is 1.55. The summed E-state index contributed by atoms with van der Waals surface area (Å²) in [5.74, 6) is -2.09. The Morgan fingerprint density at radius 1 is 1.32 bits per heavy atom. The number of carbonyl (C=O) groups is 2. The maximum Gasteiger partial charge on any atom is 0.326 e. The van der Waals surface area contributed by atoms with Crippen molar-refractivity contribution in [2.45, 2.75) is 17.9 Å². The van der Waals surface area contributed by atoms with Crippen LogP contribution in [0.1, 0.15) is 17.3 Å². The minimum atomic E-state index is -3.77. The lowest BCUT2D eigenvalue weighted by molar-refractivity contribution is -0.385. The molecule has 9 nitrogen and oxygen atoms in total. The number of benzene rings is 1. The molecule has 0 heterocycles. The summed E-state index contributed by atoms with van der Waals surface area (Å²) in [6.45, 7) is 1.26.